The van der Waals surface area contributed by atoms with Crippen LogP contribution in [0.2, 0.25) is 0 Å². The third-order valence-electron chi connectivity index (χ3n) is 4.50. The molecule has 0 saturated heterocycles. The van der Waals surface area contributed by atoms with Gasteiger partial charge in [0, 0.05) is 16.5 Å². The summed E-state index contributed by atoms with van der Waals surface area (Å²) in [4.78, 5) is 10.6. The molecule has 0 radical (unpaired) electrons. The van der Waals surface area contributed by atoms with Crippen LogP contribution in [0.15, 0.2) is 22.7 Å². The molecule has 3 heteroatoms. The molecule has 1 aromatic rings. The van der Waals surface area contributed by atoms with Crippen molar-refractivity contribution in [3.05, 3.63) is 28.2 Å². The minimum absolute atomic E-state index is 0.322. The van der Waals surface area contributed by atoms with Crippen LogP contribution in [0.3, 0.4) is 0 Å². The third kappa shape index (κ3) is 3.85. The highest BCUT2D eigenvalue weighted by Crippen LogP contribution is 2.34. The van der Waals surface area contributed by atoms with E-state index in [9.17, 15) is 4.79 Å². The van der Waals surface area contributed by atoms with Gasteiger partial charge in [0.2, 0.25) is 0 Å². The lowest BCUT2D eigenvalue weighted by Gasteiger charge is -2.32. The lowest BCUT2D eigenvalue weighted by molar-refractivity contribution is -0.109. The smallest absolute Gasteiger partial charge is 0.123 e. The van der Waals surface area contributed by atoms with Gasteiger partial charge in [0.15, 0.2) is 0 Å². The predicted octanol–water partition coefficient (Wildman–Crippen LogP) is 4.92. The molecule has 0 N–H and O–H groups in total. The van der Waals surface area contributed by atoms with Crippen molar-refractivity contribution in [2.75, 3.05) is 0 Å². The van der Waals surface area contributed by atoms with Crippen LogP contribution in [-0.2, 0) is 4.79 Å². The fourth-order valence-corrected chi connectivity index (χ4v) is 3.36. The number of carbonyl (C=O) groups is 1. The van der Waals surface area contributed by atoms with Crippen molar-refractivity contribution in [3.8, 4) is 5.75 Å². The SMILES string of the molecule is Cc1c(Br)cccc1OC1CCC(C(C)CC=O)CC1. The molecule has 20 heavy (non-hydrogen) atoms. The maximum Gasteiger partial charge on any atom is 0.123 e. The van der Waals surface area contributed by atoms with E-state index in [1.54, 1.807) is 0 Å². The van der Waals surface area contributed by atoms with Crippen molar-refractivity contribution >= 4 is 22.2 Å². The third-order valence-corrected chi connectivity index (χ3v) is 5.36. The van der Waals surface area contributed by atoms with Crippen LogP contribution in [-0.4, -0.2) is 12.4 Å². The summed E-state index contributed by atoms with van der Waals surface area (Å²) in [5.41, 5.74) is 1.17. The normalized spacial score (nSPS) is 24.1. The van der Waals surface area contributed by atoms with Gasteiger partial charge in [0.05, 0.1) is 6.10 Å². The number of rotatable bonds is 5. The highest BCUT2D eigenvalue weighted by atomic mass is 79.9. The zero-order chi connectivity index (χ0) is 14.5. The zero-order valence-corrected chi connectivity index (χ0v) is 13.9. The number of carbonyl (C=O) groups excluding carboxylic acids is 1. The Bertz CT molecular complexity index is 450. The van der Waals surface area contributed by atoms with E-state index in [2.05, 4.69) is 29.8 Å². The standard InChI is InChI=1S/C17H23BrO2/c1-12(10-11-19)14-6-8-15(9-7-14)20-17-5-3-4-16(18)13(17)2/h3-5,11-12,14-15H,6-10H2,1-2H3. The number of hydrogen-bond donors (Lipinski definition) is 0. The summed E-state index contributed by atoms with van der Waals surface area (Å²) in [6.45, 7) is 4.27. The second-order valence-electron chi connectivity index (χ2n) is 5.90. The molecule has 0 spiro atoms. The van der Waals surface area contributed by atoms with Crippen molar-refractivity contribution < 1.29 is 9.53 Å². The minimum Gasteiger partial charge on any atom is -0.490 e. The quantitative estimate of drug-likeness (QED) is 0.712. The minimum atomic E-state index is 0.322. The molecule has 1 aromatic carbocycles. The molecule has 1 unspecified atom stereocenters. The molecule has 110 valence electrons. The molecule has 2 nitrogen and oxygen atoms in total. The maximum atomic E-state index is 10.6. The Morgan fingerprint density at radius 3 is 2.70 bits per heavy atom. The number of benzene rings is 1. The largest absolute Gasteiger partial charge is 0.490 e. The molecule has 0 heterocycles. The molecule has 2 rings (SSSR count). The van der Waals surface area contributed by atoms with E-state index in [0.717, 1.165) is 29.4 Å². The van der Waals surface area contributed by atoms with Crippen LogP contribution in [0.25, 0.3) is 0 Å². The molecule has 0 bridgehead atoms. The van der Waals surface area contributed by atoms with Crippen LogP contribution in [0.1, 0.15) is 44.6 Å². The monoisotopic (exact) mass is 338 g/mol. The van der Waals surface area contributed by atoms with Crippen LogP contribution in [0.4, 0.5) is 0 Å². The molecule has 0 aliphatic heterocycles. The number of aldehydes is 1. The Hall–Kier alpha value is -0.830. The lowest BCUT2D eigenvalue weighted by Crippen LogP contribution is -2.27. The van der Waals surface area contributed by atoms with Crippen molar-refractivity contribution in [1.29, 1.82) is 0 Å². The molecule has 1 aliphatic carbocycles. The van der Waals surface area contributed by atoms with Gasteiger partial charge in [-0.2, -0.15) is 0 Å². The summed E-state index contributed by atoms with van der Waals surface area (Å²) in [7, 11) is 0. The van der Waals surface area contributed by atoms with Crippen LogP contribution in [0, 0.1) is 18.8 Å². The highest BCUT2D eigenvalue weighted by molar-refractivity contribution is 9.10. The Balaban J connectivity index is 1.88. The first-order valence-electron chi connectivity index (χ1n) is 7.47. The molecular formula is C17H23BrO2. The second kappa shape index (κ2) is 7.26. The van der Waals surface area contributed by atoms with E-state index < -0.39 is 0 Å². The summed E-state index contributed by atoms with van der Waals surface area (Å²) < 4.78 is 7.26. The van der Waals surface area contributed by atoms with E-state index in [4.69, 9.17) is 4.74 Å². The van der Waals surface area contributed by atoms with Gasteiger partial charge in [-0.1, -0.05) is 28.9 Å². The van der Waals surface area contributed by atoms with Crippen LogP contribution in [0.5, 0.6) is 5.75 Å². The van der Waals surface area contributed by atoms with Gasteiger partial charge in [-0.15, -0.1) is 0 Å². The van der Waals surface area contributed by atoms with Gasteiger partial charge < -0.3 is 9.53 Å². The first-order valence-corrected chi connectivity index (χ1v) is 8.26. The Morgan fingerprint density at radius 1 is 1.35 bits per heavy atom. The van der Waals surface area contributed by atoms with Crippen molar-refractivity contribution in [3.63, 3.8) is 0 Å². The van der Waals surface area contributed by atoms with Gasteiger partial charge in [-0.05, 0) is 56.6 Å². The molecule has 1 fully saturated rings. The van der Waals surface area contributed by atoms with Crippen molar-refractivity contribution in [2.24, 2.45) is 11.8 Å². The Labute approximate surface area is 130 Å². The average molecular weight is 339 g/mol. The van der Waals surface area contributed by atoms with E-state index in [0.29, 0.717) is 24.4 Å². The first kappa shape index (κ1) is 15.6. The average Bonchev–Trinajstić information content (AvgIpc) is 2.45. The summed E-state index contributed by atoms with van der Waals surface area (Å²) in [6.07, 6.45) is 6.61. The second-order valence-corrected chi connectivity index (χ2v) is 6.75. The fourth-order valence-electron chi connectivity index (χ4n) is 3.01. The van der Waals surface area contributed by atoms with Gasteiger partial charge in [-0.3, -0.25) is 0 Å². The van der Waals surface area contributed by atoms with Gasteiger partial charge >= 0.3 is 0 Å². The first-order chi connectivity index (χ1) is 9.61. The topological polar surface area (TPSA) is 26.3 Å². The molecule has 1 atom stereocenters. The van der Waals surface area contributed by atoms with Crippen LogP contribution >= 0.6 is 15.9 Å². The molecule has 0 amide bonds. The van der Waals surface area contributed by atoms with Crippen molar-refractivity contribution in [2.45, 2.75) is 52.1 Å². The van der Waals surface area contributed by atoms with E-state index in [1.165, 1.54) is 18.4 Å². The number of halogens is 1. The Kier molecular flexibility index (Phi) is 5.64. The lowest BCUT2D eigenvalue weighted by atomic mass is 9.78. The summed E-state index contributed by atoms with van der Waals surface area (Å²) in [5, 5.41) is 0. The Morgan fingerprint density at radius 2 is 2.05 bits per heavy atom. The number of ether oxygens (including phenoxy) is 1. The van der Waals surface area contributed by atoms with Gasteiger partial charge in [0.25, 0.3) is 0 Å². The fraction of sp³-hybridized carbons (Fsp3) is 0.588. The van der Waals surface area contributed by atoms with Crippen molar-refractivity contribution in [1.82, 2.24) is 0 Å². The summed E-state index contributed by atoms with van der Waals surface area (Å²) >= 11 is 3.54. The summed E-state index contributed by atoms with van der Waals surface area (Å²) in [5.74, 6) is 2.19. The predicted molar refractivity (Wildman–Crippen MR) is 85.1 cm³/mol. The molecule has 0 aromatic heterocycles. The molecule has 1 saturated carbocycles. The maximum absolute atomic E-state index is 10.6. The zero-order valence-electron chi connectivity index (χ0n) is 12.3. The summed E-state index contributed by atoms with van der Waals surface area (Å²) in [6, 6.07) is 6.10. The van der Waals surface area contributed by atoms with E-state index >= 15 is 0 Å². The van der Waals surface area contributed by atoms with Gasteiger partial charge in [0.1, 0.15) is 12.0 Å². The van der Waals surface area contributed by atoms with Gasteiger partial charge in [-0.25, -0.2) is 0 Å². The molecular weight excluding hydrogens is 316 g/mol. The molecule has 1 aliphatic rings. The van der Waals surface area contributed by atoms with E-state index in [1.807, 2.05) is 18.2 Å². The number of hydrogen-bond acceptors (Lipinski definition) is 2. The highest BCUT2D eigenvalue weighted by Gasteiger charge is 2.26. The van der Waals surface area contributed by atoms with Crippen LogP contribution < -0.4 is 4.74 Å². The van der Waals surface area contributed by atoms with E-state index in [-0.39, 0.29) is 0 Å².